The van der Waals surface area contributed by atoms with Gasteiger partial charge in [0.05, 0.1) is 6.61 Å². The van der Waals surface area contributed by atoms with Gasteiger partial charge in [0.2, 0.25) is 11.9 Å². The fourth-order valence-corrected chi connectivity index (χ4v) is 1.21. The van der Waals surface area contributed by atoms with Crippen molar-refractivity contribution in [3.8, 4) is 6.01 Å². The molecule has 0 aliphatic carbocycles. The summed E-state index contributed by atoms with van der Waals surface area (Å²) in [6, 6.07) is 0.0353. The van der Waals surface area contributed by atoms with Crippen LogP contribution >= 0.6 is 0 Å². The lowest BCUT2D eigenvalue weighted by Gasteiger charge is -2.12. The number of aromatic nitrogens is 3. The van der Waals surface area contributed by atoms with Crippen molar-refractivity contribution in [2.75, 3.05) is 44.8 Å². The van der Waals surface area contributed by atoms with Crippen LogP contribution in [0.1, 0.15) is 13.3 Å². The van der Waals surface area contributed by atoms with Crippen molar-refractivity contribution in [1.82, 2.24) is 25.2 Å². The molecule has 9 nitrogen and oxygen atoms in total. The monoisotopic (exact) mass is 283 g/mol. The van der Waals surface area contributed by atoms with Gasteiger partial charge in [0.25, 0.3) is 0 Å². The molecule has 2 amide bonds. The molecule has 0 aliphatic heterocycles. The van der Waals surface area contributed by atoms with Crippen LogP contribution in [-0.2, 0) is 0 Å². The smallest absolute Gasteiger partial charge is 0.323 e. The predicted molar refractivity (Wildman–Crippen MR) is 75.6 cm³/mol. The number of carbonyl (C=O) groups excluding carboxylic acids is 1. The average molecular weight is 283 g/mol. The molecule has 0 radical (unpaired) electrons. The third kappa shape index (κ3) is 5.55. The second kappa shape index (κ2) is 7.97. The predicted octanol–water partition coefficient (Wildman–Crippen LogP) is -0.0743. The highest BCUT2D eigenvalue weighted by molar-refractivity contribution is 5.73. The van der Waals surface area contributed by atoms with E-state index >= 15 is 0 Å². The minimum absolute atomic E-state index is 0.0888. The highest BCUT2D eigenvalue weighted by atomic mass is 16.5. The van der Waals surface area contributed by atoms with Gasteiger partial charge in [-0.2, -0.15) is 15.0 Å². The number of nitrogens with zero attached hydrogens (tertiary/aromatic N) is 4. The number of ether oxygens (including phenoxy) is 1. The van der Waals surface area contributed by atoms with E-state index in [4.69, 9.17) is 10.5 Å². The van der Waals surface area contributed by atoms with E-state index in [1.54, 1.807) is 14.1 Å². The number of urea groups is 1. The topological polar surface area (TPSA) is 118 Å². The second-order valence-electron chi connectivity index (χ2n) is 4.20. The van der Waals surface area contributed by atoms with Gasteiger partial charge in [0, 0.05) is 27.2 Å². The van der Waals surface area contributed by atoms with E-state index < -0.39 is 0 Å². The molecule has 20 heavy (non-hydrogen) atoms. The van der Waals surface area contributed by atoms with Crippen LogP contribution in [-0.4, -0.2) is 59.7 Å². The standard InChI is InChI=1S/C11H21N7O2/c1-4-7-20-10-16-8(12)15-9(17-10)13-5-6-14-11(19)18(2)3/h4-7H2,1-3H3,(H,14,19)(H3,12,13,15,16,17). The summed E-state index contributed by atoms with van der Waals surface area (Å²) in [6.07, 6.45) is 0.852. The molecule has 0 saturated carbocycles. The number of nitrogen functional groups attached to an aromatic ring is 1. The van der Waals surface area contributed by atoms with Gasteiger partial charge >= 0.3 is 12.0 Å². The van der Waals surface area contributed by atoms with E-state index in [1.165, 1.54) is 4.90 Å². The fourth-order valence-electron chi connectivity index (χ4n) is 1.21. The fraction of sp³-hybridized carbons (Fsp3) is 0.636. The Bertz CT molecular complexity index is 439. The lowest BCUT2D eigenvalue weighted by Crippen LogP contribution is -2.37. The molecule has 0 bridgehead atoms. The Labute approximate surface area is 117 Å². The Balaban J connectivity index is 2.43. The molecule has 0 spiro atoms. The molecular formula is C11H21N7O2. The summed E-state index contributed by atoms with van der Waals surface area (Å²) in [5.41, 5.74) is 5.56. The normalized spacial score (nSPS) is 9.95. The largest absolute Gasteiger partial charge is 0.463 e. The van der Waals surface area contributed by atoms with E-state index in [1.807, 2.05) is 6.92 Å². The van der Waals surface area contributed by atoms with Gasteiger partial charge in [0.1, 0.15) is 0 Å². The molecule has 112 valence electrons. The summed E-state index contributed by atoms with van der Waals surface area (Å²) in [5.74, 6) is 0.411. The summed E-state index contributed by atoms with van der Waals surface area (Å²) in [5, 5.41) is 5.65. The van der Waals surface area contributed by atoms with Crippen molar-refractivity contribution < 1.29 is 9.53 Å². The summed E-state index contributed by atoms with van der Waals surface area (Å²) in [4.78, 5) is 24.6. The zero-order valence-corrected chi connectivity index (χ0v) is 12.0. The maximum absolute atomic E-state index is 11.3. The molecule has 4 N–H and O–H groups in total. The molecule has 9 heteroatoms. The maximum atomic E-state index is 11.3. The Morgan fingerprint density at radius 3 is 2.70 bits per heavy atom. The first kappa shape index (κ1) is 15.7. The lowest BCUT2D eigenvalue weighted by atomic mass is 10.5. The van der Waals surface area contributed by atoms with E-state index in [0.717, 1.165) is 6.42 Å². The number of hydrogen-bond acceptors (Lipinski definition) is 7. The van der Waals surface area contributed by atoms with Crippen LogP contribution in [0.3, 0.4) is 0 Å². The third-order valence-electron chi connectivity index (χ3n) is 2.16. The minimum atomic E-state index is -0.158. The van der Waals surface area contributed by atoms with Crippen LogP contribution in [0.2, 0.25) is 0 Å². The Morgan fingerprint density at radius 2 is 2.05 bits per heavy atom. The minimum Gasteiger partial charge on any atom is -0.463 e. The molecule has 0 aliphatic rings. The van der Waals surface area contributed by atoms with Gasteiger partial charge in [-0.05, 0) is 6.42 Å². The number of rotatable bonds is 7. The lowest BCUT2D eigenvalue weighted by molar-refractivity contribution is 0.218. The van der Waals surface area contributed by atoms with Crippen LogP contribution in [0, 0.1) is 0 Å². The number of nitrogens with two attached hydrogens (primary N) is 1. The first-order valence-corrected chi connectivity index (χ1v) is 6.36. The molecule has 0 saturated heterocycles. The van der Waals surface area contributed by atoms with Gasteiger partial charge in [-0.1, -0.05) is 6.92 Å². The molecule has 1 heterocycles. The zero-order valence-electron chi connectivity index (χ0n) is 12.0. The maximum Gasteiger partial charge on any atom is 0.323 e. The summed E-state index contributed by atoms with van der Waals surface area (Å²) in [7, 11) is 3.35. The number of carbonyl (C=O) groups is 1. The van der Waals surface area contributed by atoms with Crippen molar-refractivity contribution in [2.45, 2.75) is 13.3 Å². The molecule has 0 fully saturated rings. The second-order valence-corrected chi connectivity index (χ2v) is 4.20. The molecule has 0 aromatic carbocycles. The van der Waals surface area contributed by atoms with Crippen molar-refractivity contribution in [3.63, 3.8) is 0 Å². The van der Waals surface area contributed by atoms with Crippen molar-refractivity contribution >= 4 is 17.9 Å². The van der Waals surface area contributed by atoms with E-state index in [-0.39, 0.29) is 18.0 Å². The van der Waals surface area contributed by atoms with Crippen LogP contribution in [0.25, 0.3) is 0 Å². The zero-order chi connectivity index (χ0) is 15.0. The molecule has 1 rings (SSSR count). The van der Waals surface area contributed by atoms with E-state index in [0.29, 0.717) is 25.6 Å². The Kier molecular flexibility index (Phi) is 6.27. The highest BCUT2D eigenvalue weighted by Gasteiger charge is 2.05. The first-order chi connectivity index (χ1) is 9.52. The van der Waals surface area contributed by atoms with Crippen LogP contribution in [0.4, 0.5) is 16.7 Å². The number of hydrogen-bond donors (Lipinski definition) is 3. The van der Waals surface area contributed by atoms with Gasteiger partial charge in [-0.3, -0.25) is 0 Å². The average Bonchev–Trinajstić information content (AvgIpc) is 2.40. The van der Waals surface area contributed by atoms with Gasteiger partial charge in [-0.25, -0.2) is 4.79 Å². The van der Waals surface area contributed by atoms with Gasteiger partial charge < -0.3 is 26.0 Å². The molecular weight excluding hydrogens is 262 g/mol. The van der Waals surface area contributed by atoms with Crippen molar-refractivity contribution in [1.29, 1.82) is 0 Å². The molecule has 0 unspecified atom stereocenters. The number of amides is 2. The van der Waals surface area contributed by atoms with Crippen molar-refractivity contribution in [2.24, 2.45) is 0 Å². The van der Waals surface area contributed by atoms with Crippen molar-refractivity contribution in [3.05, 3.63) is 0 Å². The molecule has 0 atom stereocenters. The quantitative estimate of drug-likeness (QED) is 0.599. The van der Waals surface area contributed by atoms with Crippen LogP contribution < -0.4 is 21.1 Å². The SMILES string of the molecule is CCCOc1nc(N)nc(NCCNC(=O)N(C)C)n1. The van der Waals surface area contributed by atoms with Crippen LogP contribution in [0.5, 0.6) is 6.01 Å². The highest BCUT2D eigenvalue weighted by Crippen LogP contribution is 2.08. The number of anilines is 2. The van der Waals surface area contributed by atoms with E-state index in [9.17, 15) is 4.79 Å². The third-order valence-corrected chi connectivity index (χ3v) is 2.16. The Hall–Kier alpha value is -2.32. The first-order valence-electron chi connectivity index (χ1n) is 6.36. The summed E-state index contributed by atoms with van der Waals surface area (Å²) < 4.78 is 5.29. The summed E-state index contributed by atoms with van der Waals surface area (Å²) >= 11 is 0. The van der Waals surface area contributed by atoms with E-state index in [2.05, 4.69) is 25.6 Å². The summed E-state index contributed by atoms with van der Waals surface area (Å²) in [6.45, 7) is 3.41. The van der Waals surface area contributed by atoms with Gasteiger partial charge in [0.15, 0.2) is 0 Å². The molecule has 1 aromatic heterocycles. The van der Waals surface area contributed by atoms with Crippen LogP contribution in [0.15, 0.2) is 0 Å². The number of nitrogens with one attached hydrogen (secondary N) is 2. The van der Waals surface area contributed by atoms with Gasteiger partial charge in [-0.15, -0.1) is 0 Å². The Morgan fingerprint density at radius 1 is 1.30 bits per heavy atom. The molecule has 1 aromatic rings.